The predicted octanol–water partition coefficient (Wildman–Crippen LogP) is 5.12. The van der Waals surface area contributed by atoms with Crippen molar-refractivity contribution >= 4 is 0 Å². The van der Waals surface area contributed by atoms with Crippen LogP contribution in [0.3, 0.4) is 0 Å². The van der Waals surface area contributed by atoms with Crippen molar-refractivity contribution in [2.24, 2.45) is 0 Å². The van der Waals surface area contributed by atoms with Crippen molar-refractivity contribution in [2.45, 2.75) is 39.0 Å². The van der Waals surface area contributed by atoms with E-state index in [1.165, 1.54) is 17.7 Å². The highest BCUT2D eigenvalue weighted by molar-refractivity contribution is 5.27. The van der Waals surface area contributed by atoms with E-state index in [0.29, 0.717) is 12.1 Å². The molecule has 0 aromatic heterocycles. The van der Waals surface area contributed by atoms with Crippen LogP contribution in [0.4, 0.5) is 13.2 Å². The van der Waals surface area contributed by atoms with Gasteiger partial charge in [0.25, 0.3) is 0 Å². The van der Waals surface area contributed by atoms with Gasteiger partial charge in [0, 0.05) is 12.6 Å². The van der Waals surface area contributed by atoms with E-state index < -0.39 is 11.7 Å². The molecular weight excluding hydrogens is 287 g/mol. The maximum atomic E-state index is 12.7. The Morgan fingerprint density at radius 1 is 1.00 bits per heavy atom. The first-order valence-corrected chi connectivity index (χ1v) is 7.38. The Morgan fingerprint density at radius 2 is 1.68 bits per heavy atom. The minimum Gasteiger partial charge on any atom is -0.306 e. The zero-order chi connectivity index (χ0) is 16.2. The fourth-order valence-electron chi connectivity index (χ4n) is 2.29. The van der Waals surface area contributed by atoms with Crippen LogP contribution in [-0.2, 0) is 19.1 Å². The Balaban J connectivity index is 2.00. The van der Waals surface area contributed by atoms with Crippen LogP contribution < -0.4 is 5.32 Å². The average molecular weight is 307 g/mol. The summed E-state index contributed by atoms with van der Waals surface area (Å²) in [5.74, 6) is 0. The van der Waals surface area contributed by atoms with Gasteiger partial charge in [0.15, 0.2) is 0 Å². The van der Waals surface area contributed by atoms with Crippen LogP contribution in [0.1, 0.15) is 42.1 Å². The number of aryl methyl sites for hydroxylation is 1. The molecular formula is C18H20F3N. The summed E-state index contributed by atoms with van der Waals surface area (Å²) in [6, 6.07) is 13.8. The van der Waals surface area contributed by atoms with E-state index in [-0.39, 0.29) is 6.04 Å². The third kappa shape index (κ3) is 4.34. The van der Waals surface area contributed by atoms with Crippen molar-refractivity contribution in [1.29, 1.82) is 0 Å². The van der Waals surface area contributed by atoms with Gasteiger partial charge < -0.3 is 5.32 Å². The zero-order valence-corrected chi connectivity index (χ0v) is 12.7. The Hall–Kier alpha value is -1.81. The summed E-state index contributed by atoms with van der Waals surface area (Å²) >= 11 is 0. The first kappa shape index (κ1) is 16.6. The monoisotopic (exact) mass is 307 g/mol. The fourth-order valence-corrected chi connectivity index (χ4v) is 2.29. The van der Waals surface area contributed by atoms with Crippen molar-refractivity contribution in [3.05, 3.63) is 70.8 Å². The smallest absolute Gasteiger partial charge is 0.306 e. The lowest BCUT2D eigenvalue weighted by atomic mass is 10.0. The van der Waals surface area contributed by atoms with Crippen LogP contribution >= 0.6 is 0 Å². The molecule has 0 amide bonds. The molecule has 118 valence electrons. The summed E-state index contributed by atoms with van der Waals surface area (Å²) in [5.41, 5.74) is 2.43. The molecule has 2 aromatic rings. The Bertz CT molecular complexity index is 602. The molecule has 0 heterocycles. The molecule has 2 rings (SSSR count). The standard InChI is InChI=1S/C18H20F3N/c1-3-14-7-9-16(10-8-14)13(2)22-12-15-5-4-6-17(11-15)18(19,20)21/h4-11,13,22H,3,12H2,1-2H3. The number of benzene rings is 2. The summed E-state index contributed by atoms with van der Waals surface area (Å²) in [5, 5.41) is 3.26. The van der Waals surface area contributed by atoms with Gasteiger partial charge in [-0.3, -0.25) is 0 Å². The third-order valence-electron chi connectivity index (χ3n) is 3.75. The maximum absolute atomic E-state index is 12.7. The molecule has 1 nitrogen and oxygen atoms in total. The fraction of sp³-hybridized carbons (Fsp3) is 0.333. The van der Waals surface area contributed by atoms with E-state index in [2.05, 4.69) is 36.5 Å². The Morgan fingerprint density at radius 3 is 2.27 bits per heavy atom. The average Bonchev–Trinajstić information content (AvgIpc) is 2.52. The van der Waals surface area contributed by atoms with Crippen LogP contribution in [0, 0.1) is 0 Å². The minimum absolute atomic E-state index is 0.0837. The summed E-state index contributed by atoms with van der Waals surface area (Å²) < 4.78 is 38.0. The largest absolute Gasteiger partial charge is 0.416 e. The zero-order valence-electron chi connectivity index (χ0n) is 12.7. The van der Waals surface area contributed by atoms with Gasteiger partial charge >= 0.3 is 6.18 Å². The summed E-state index contributed by atoms with van der Waals surface area (Å²) in [7, 11) is 0. The molecule has 0 spiro atoms. The van der Waals surface area contributed by atoms with E-state index in [1.807, 2.05) is 6.92 Å². The molecule has 2 aromatic carbocycles. The second kappa shape index (κ2) is 6.97. The first-order chi connectivity index (χ1) is 10.4. The highest BCUT2D eigenvalue weighted by Gasteiger charge is 2.30. The first-order valence-electron chi connectivity index (χ1n) is 7.38. The van der Waals surface area contributed by atoms with Crippen LogP contribution in [0.15, 0.2) is 48.5 Å². The molecule has 0 saturated carbocycles. The van der Waals surface area contributed by atoms with Crippen LogP contribution in [0.25, 0.3) is 0 Å². The third-order valence-corrected chi connectivity index (χ3v) is 3.75. The molecule has 4 heteroatoms. The minimum atomic E-state index is -4.29. The molecule has 0 aliphatic carbocycles. The van der Waals surface area contributed by atoms with E-state index >= 15 is 0 Å². The maximum Gasteiger partial charge on any atom is 0.416 e. The number of hydrogen-bond donors (Lipinski definition) is 1. The highest BCUT2D eigenvalue weighted by Crippen LogP contribution is 2.29. The lowest BCUT2D eigenvalue weighted by Gasteiger charge is -2.15. The number of nitrogens with one attached hydrogen (secondary N) is 1. The summed E-state index contributed by atoms with van der Waals surface area (Å²) in [6.45, 7) is 4.51. The SMILES string of the molecule is CCc1ccc(C(C)NCc2cccc(C(F)(F)F)c2)cc1. The molecule has 0 bridgehead atoms. The second-order valence-corrected chi connectivity index (χ2v) is 5.40. The van der Waals surface area contributed by atoms with E-state index in [4.69, 9.17) is 0 Å². The molecule has 1 atom stereocenters. The van der Waals surface area contributed by atoms with E-state index in [9.17, 15) is 13.2 Å². The van der Waals surface area contributed by atoms with Gasteiger partial charge in [-0.05, 0) is 36.1 Å². The van der Waals surface area contributed by atoms with Gasteiger partial charge in [-0.1, -0.05) is 49.4 Å². The van der Waals surface area contributed by atoms with Crippen molar-refractivity contribution in [2.75, 3.05) is 0 Å². The van der Waals surface area contributed by atoms with Crippen LogP contribution in [0.2, 0.25) is 0 Å². The summed E-state index contributed by atoms with van der Waals surface area (Å²) in [6.07, 6.45) is -3.30. The van der Waals surface area contributed by atoms with Gasteiger partial charge in [0.1, 0.15) is 0 Å². The Kier molecular flexibility index (Phi) is 5.24. The molecule has 22 heavy (non-hydrogen) atoms. The molecule has 0 radical (unpaired) electrons. The quantitative estimate of drug-likeness (QED) is 0.808. The van der Waals surface area contributed by atoms with Gasteiger partial charge in [0.05, 0.1) is 5.56 Å². The second-order valence-electron chi connectivity index (χ2n) is 5.40. The molecule has 0 aliphatic rings. The number of rotatable bonds is 5. The number of alkyl halides is 3. The van der Waals surface area contributed by atoms with Crippen molar-refractivity contribution in [3.8, 4) is 0 Å². The topological polar surface area (TPSA) is 12.0 Å². The molecule has 0 aliphatic heterocycles. The van der Waals surface area contributed by atoms with Gasteiger partial charge in [-0.15, -0.1) is 0 Å². The van der Waals surface area contributed by atoms with Gasteiger partial charge in [-0.2, -0.15) is 13.2 Å². The van der Waals surface area contributed by atoms with E-state index in [1.54, 1.807) is 6.07 Å². The molecule has 1 unspecified atom stereocenters. The lowest BCUT2D eigenvalue weighted by Crippen LogP contribution is -2.18. The molecule has 0 fully saturated rings. The van der Waals surface area contributed by atoms with Gasteiger partial charge in [-0.25, -0.2) is 0 Å². The summed E-state index contributed by atoms with van der Waals surface area (Å²) in [4.78, 5) is 0. The van der Waals surface area contributed by atoms with Crippen molar-refractivity contribution < 1.29 is 13.2 Å². The number of hydrogen-bond acceptors (Lipinski definition) is 1. The van der Waals surface area contributed by atoms with Gasteiger partial charge in [0.2, 0.25) is 0 Å². The van der Waals surface area contributed by atoms with Crippen LogP contribution in [-0.4, -0.2) is 0 Å². The number of halogens is 3. The Labute approximate surface area is 129 Å². The van der Waals surface area contributed by atoms with Crippen molar-refractivity contribution in [3.63, 3.8) is 0 Å². The molecule has 0 saturated heterocycles. The predicted molar refractivity (Wildman–Crippen MR) is 82.5 cm³/mol. The highest BCUT2D eigenvalue weighted by atomic mass is 19.4. The lowest BCUT2D eigenvalue weighted by molar-refractivity contribution is -0.137. The van der Waals surface area contributed by atoms with E-state index in [0.717, 1.165) is 18.1 Å². The molecule has 1 N–H and O–H groups in total. The van der Waals surface area contributed by atoms with Crippen LogP contribution in [0.5, 0.6) is 0 Å². The normalized spacial score (nSPS) is 13.1. The van der Waals surface area contributed by atoms with Crippen molar-refractivity contribution in [1.82, 2.24) is 5.32 Å².